The van der Waals surface area contributed by atoms with Crippen LogP contribution in [-0.4, -0.2) is 22.4 Å². The summed E-state index contributed by atoms with van der Waals surface area (Å²) < 4.78 is 0. The summed E-state index contributed by atoms with van der Waals surface area (Å²) in [6.07, 6.45) is 1.56. The summed E-state index contributed by atoms with van der Waals surface area (Å²) in [7, 11) is 0. The maximum Gasteiger partial charge on any atom is 0.301 e. The molecule has 3 N–H and O–H groups in total. The number of carbonyl (C=O) groups is 1. The lowest BCUT2D eigenvalue weighted by Gasteiger charge is -2.07. The summed E-state index contributed by atoms with van der Waals surface area (Å²) >= 11 is 0. The molecular weight excluding hydrogens is 236 g/mol. The minimum Gasteiger partial charge on any atom is -0.371 e. The highest BCUT2D eigenvalue weighted by atomic mass is 16.6. The van der Waals surface area contributed by atoms with E-state index in [9.17, 15) is 14.9 Å². The fourth-order valence-electron chi connectivity index (χ4n) is 1.66. The van der Waals surface area contributed by atoms with E-state index in [1.165, 1.54) is 6.07 Å². The molecule has 1 amide bonds. The van der Waals surface area contributed by atoms with Crippen molar-refractivity contribution in [3.8, 4) is 0 Å². The third-order valence-corrected chi connectivity index (χ3v) is 2.39. The van der Waals surface area contributed by atoms with Crippen LogP contribution in [0, 0.1) is 10.1 Å². The van der Waals surface area contributed by atoms with E-state index >= 15 is 0 Å². The van der Waals surface area contributed by atoms with Gasteiger partial charge < -0.3 is 11.1 Å². The number of nitrogens with two attached hydrogens (primary N) is 1. The molecule has 0 radical (unpaired) electrons. The van der Waals surface area contributed by atoms with Crippen molar-refractivity contribution in [2.45, 2.75) is 0 Å². The van der Waals surface area contributed by atoms with E-state index in [4.69, 9.17) is 5.73 Å². The predicted molar refractivity (Wildman–Crippen MR) is 66.1 cm³/mol. The van der Waals surface area contributed by atoms with Gasteiger partial charge in [-0.2, -0.15) is 0 Å². The number of fused-ring (bicyclic) bond motifs is 1. The van der Waals surface area contributed by atoms with Crippen LogP contribution in [-0.2, 0) is 4.79 Å². The third kappa shape index (κ3) is 2.19. The molecule has 0 aliphatic rings. The number of nitro benzene ring substituents is 1. The average molecular weight is 246 g/mol. The number of carbonyl (C=O) groups excluding carboxylic acids is 1. The number of pyridine rings is 1. The number of rotatable bonds is 4. The first-order valence-electron chi connectivity index (χ1n) is 5.14. The van der Waals surface area contributed by atoms with E-state index < -0.39 is 10.8 Å². The van der Waals surface area contributed by atoms with E-state index in [0.29, 0.717) is 10.9 Å². The van der Waals surface area contributed by atoms with Crippen molar-refractivity contribution < 1.29 is 9.72 Å². The first-order chi connectivity index (χ1) is 8.59. The normalized spacial score (nSPS) is 10.2. The van der Waals surface area contributed by atoms with Crippen molar-refractivity contribution in [3.05, 3.63) is 40.6 Å². The second-order valence-corrected chi connectivity index (χ2v) is 3.61. The molecule has 1 aromatic heterocycles. The number of nitrogens with one attached hydrogen (secondary N) is 1. The molecule has 7 heteroatoms. The lowest BCUT2D eigenvalue weighted by atomic mass is 10.1. The summed E-state index contributed by atoms with van der Waals surface area (Å²) in [5.41, 5.74) is 5.66. The first kappa shape index (κ1) is 11.8. The van der Waals surface area contributed by atoms with Gasteiger partial charge in [-0.3, -0.25) is 19.9 Å². The lowest BCUT2D eigenvalue weighted by molar-refractivity contribution is -0.382. The van der Waals surface area contributed by atoms with E-state index in [1.54, 1.807) is 24.4 Å². The fraction of sp³-hybridized carbons (Fsp3) is 0.0909. The minimum atomic E-state index is -0.587. The predicted octanol–water partition coefficient (Wildman–Crippen LogP) is 1.04. The topological polar surface area (TPSA) is 111 Å². The standard InChI is InChI=1S/C11H10N4O3/c12-10(16)6-14-9-4-3-8-7(2-1-5-13-8)11(9)15(17)18/h1-5,14H,6H2,(H2,12,16). The molecule has 2 aromatic rings. The van der Waals surface area contributed by atoms with E-state index in [1.807, 2.05) is 0 Å². The van der Waals surface area contributed by atoms with Gasteiger partial charge in [0.25, 0.3) is 0 Å². The van der Waals surface area contributed by atoms with Crippen LogP contribution in [0.2, 0.25) is 0 Å². The van der Waals surface area contributed by atoms with Gasteiger partial charge in [0.05, 0.1) is 22.4 Å². The number of nitrogens with zero attached hydrogens (tertiary/aromatic N) is 2. The van der Waals surface area contributed by atoms with Gasteiger partial charge in [0.15, 0.2) is 0 Å². The Morgan fingerprint density at radius 2 is 2.22 bits per heavy atom. The van der Waals surface area contributed by atoms with Gasteiger partial charge in [0, 0.05) is 6.20 Å². The first-order valence-corrected chi connectivity index (χ1v) is 5.14. The van der Waals surface area contributed by atoms with Crippen LogP contribution in [0.3, 0.4) is 0 Å². The summed E-state index contributed by atoms with van der Waals surface area (Å²) in [5.74, 6) is -0.587. The number of amides is 1. The van der Waals surface area contributed by atoms with Crippen LogP contribution in [0.15, 0.2) is 30.5 Å². The Morgan fingerprint density at radius 1 is 1.44 bits per heavy atom. The molecule has 7 nitrogen and oxygen atoms in total. The lowest BCUT2D eigenvalue weighted by Crippen LogP contribution is -2.22. The van der Waals surface area contributed by atoms with Gasteiger partial charge in [-0.05, 0) is 24.3 Å². The number of benzene rings is 1. The van der Waals surface area contributed by atoms with Crippen molar-refractivity contribution in [2.75, 3.05) is 11.9 Å². The van der Waals surface area contributed by atoms with Gasteiger partial charge in [-0.15, -0.1) is 0 Å². The Morgan fingerprint density at radius 3 is 2.89 bits per heavy atom. The molecule has 18 heavy (non-hydrogen) atoms. The smallest absolute Gasteiger partial charge is 0.301 e. The summed E-state index contributed by atoms with van der Waals surface area (Å²) in [5, 5.41) is 14.2. The monoisotopic (exact) mass is 246 g/mol. The quantitative estimate of drug-likeness (QED) is 0.618. The highest BCUT2D eigenvalue weighted by Crippen LogP contribution is 2.32. The van der Waals surface area contributed by atoms with Crippen LogP contribution in [0.1, 0.15) is 0 Å². The molecule has 0 bridgehead atoms. The number of hydrogen-bond acceptors (Lipinski definition) is 5. The molecular formula is C11H10N4O3. The molecule has 0 unspecified atom stereocenters. The van der Waals surface area contributed by atoms with Crippen LogP contribution in [0.25, 0.3) is 10.9 Å². The summed E-state index contributed by atoms with van der Waals surface area (Å²) in [6, 6.07) is 6.38. The Balaban J connectivity index is 2.55. The Labute approximate surface area is 102 Å². The third-order valence-electron chi connectivity index (χ3n) is 2.39. The maximum atomic E-state index is 11.1. The molecule has 0 aliphatic carbocycles. The fourth-order valence-corrected chi connectivity index (χ4v) is 1.66. The molecule has 1 aromatic carbocycles. The van der Waals surface area contributed by atoms with Crippen molar-refractivity contribution in [1.29, 1.82) is 0 Å². The number of anilines is 1. The molecule has 0 fully saturated rings. The molecule has 0 spiro atoms. The van der Waals surface area contributed by atoms with Gasteiger partial charge in [0.1, 0.15) is 5.69 Å². The van der Waals surface area contributed by atoms with Crippen molar-refractivity contribution in [2.24, 2.45) is 5.73 Å². The van der Waals surface area contributed by atoms with Gasteiger partial charge in [-0.25, -0.2) is 0 Å². The van der Waals surface area contributed by atoms with Crippen LogP contribution < -0.4 is 11.1 Å². The van der Waals surface area contributed by atoms with E-state index in [2.05, 4.69) is 10.3 Å². The van der Waals surface area contributed by atoms with Crippen LogP contribution >= 0.6 is 0 Å². The number of hydrogen-bond donors (Lipinski definition) is 2. The zero-order valence-electron chi connectivity index (χ0n) is 9.29. The second kappa shape index (κ2) is 4.66. The maximum absolute atomic E-state index is 11.1. The Kier molecular flexibility index (Phi) is 3.05. The van der Waals surface area contributed by atoms with Crippen molar-refractivity contribution in [3.63, 3.8) is 0 Å². The van der Waals surface area contributed by atoms with E-state index in [0.717, 1.165) is 0 Å². The van der Waals surface area contributed by atoms with Crippen molar-refractivity contribution in [1.82, 2.24) is 4.98 Å². The number of primary amides is 1. The molecule has 1 heterocycles. The summed E-state index contributed by atoms with van der Waals surface area (Å²) in [6.45, 7) is -0.160. The zero-order chi connectivity index (χ0) is 13.1. The van der Waals surface area contributed by atoms with E-state index in [-0.39, 0.29) is 17.9 Å². The highest BCUT2D eigenvalue weighted by molar-refractivity contribution is 5.95. The Hall–Kier alpha value is -2.70. The molecule has 0 aliphatic heterocycles. The molecule has 0 atom stereocenters. The minimum absolute atomic E-state index is 0.109. The summed E-state index contributed by atoms with van der Waals surface area (Å²) in [4.78, 5) is 25.3. The average Bonchev–Trinajstić information content (AvgIpc) is 2.35. The highest BCUT2D eigenvalue weighted by Gasteiger charge is 2.18. The van der Waals surface area contributed by atoms with Crippen LogP contribution in [0.4, 0.5) is 11.4 Å². The number of nitro groups is 1. The van der Waals surface area contributed by atoms with Crippen molar-refractivity contribution >= 4 is 28.2 Å². The molecule has 0 saturated carbocycles. The largest absolute Gasteiger partial charge is 0.371 e. The zero-order valence-corrected chi connectivity index (χ0v) is 9.29. The van der Waals surface area contributed by atoms with Gasteiger partial charge in [-0.1, -0.05) is 0 Å². The number of aromatic nitrogens is 1. The molecule has 92 valence electrons. The Bertz CT molecular complexity index is 627. The van der Waals surface area contributed by atoms with Gasteiger partial charge in [0.2, 0.25) is 5.91 Å². The molecule has 2 rings (SSSR count). The SMILES string of the molecule is NC(=O)CNc1ccc2ncccc2c1[N+](=O)[O-]. The van der Waals surface area contributed by atoms with Crippen LogP contribution in [0.5, 0.6) is 0 Å². The van der Waals surface area contributed by atoms with Gasteiger partial charge >= 0.3 is 5.69 Å². The second-order valence-electron chi connectivity index (χ2n) is 3.61. The molecule has 0 saturated heterocycles.